The Hall–Kier alpha value is -0.400. The number of rotatable bonds is 0. The van der Waals surface area contributed by atoms with Gasteiger partial charge < -0.3 is 4.89 Å². The molecule has 5 nitrogen and oxygen atoms in total. The lowest BCUT2D eigenvalue weighted by Gasteiger charge is -2.24. The molecule has 1 saturated heterocycles. The minimum absolute atomic E-state index is 1.15. The van der Waals surface area contributed by atoms with Crippen LogP contribution in [-0.4, -0.2) is 11.2 Å². The maximum absolute atomic E-state index is 10.00. The second-order valence-corrected chi connectivity index (χ2v) is 2.50. The van der Waals surface area contributed by atoms with Gasteiger partial charge >= 0.3 is 7.82 Å². The van der Waals surface area contributed by atoms with Crippen LogP contribution in [-0.2, 0) is 13.6 Å². The third kappa shape index (κ3) is 0.881. The highest BCUT2D eigenvalue weighted by Crippen LogP contribution is 2.55. The first-order chi connectivity index (χ1) is 3.64. The fourth-order valence-corrected chi connectivity index (χ4v) is 0.891. The van der Waals surface area contributed by atoms with E-state index in [1.165, 1.54) is 6.07 Å². The van der Waals surface area contributed by atoms with E-state index in [0.29, 0.717) is 0 Å². The second kappa shape index (κ2) is 1.54. The van der Waals surface area contributed by atoms with Crippen molar-refractivity contribution in [1.82, 2.24) is 0 Å². The molecular formula is C2H2NO4P. The maximum atomic E-state index is 10.00. The number of nitriles is 1. The van der Waals surface area contributed by atoms with Crippen LogP contribution in [0, 0.1) is 11.3 Å². The van der Waals surface area contributed by atoms with Crippen molar-refractivity contribution in [3.63, 3.8) is 0 Å². The van der Waals surface area contributed by atoms with Crippen LogP contribution in [0.4, 0.5) is 0 Å². The van der Waals surface area contributed by atoms with Crippen molar-refractivity contribution < 1.29 is 18.5 Å². The van der Waals surface area contributed by atoms with Crippen LogP contribution in [0.1, 0.15) is 0 Å². The number of hydrogen-bond acceptors (Lipinski definition) is 4. The molecule has 6 heteroatoms. The number of phosphoric ester groups is 1. The molecule has 1 aliphatic rings. The molecule has 1 heterocycles. The van der Waals surface area contributed by atoms with E-state index < -0.39 is 14.1 Å². The molecule has 1 N–H and O–H groups in total. The molecule has 0 aromatic carbocycles. The Bertz CT molecular complexity index is 173. The molecule has 0 amide bonds. The van der Waals surface area contributed by atoms with E-state index in [-0.39, 0.29) is 0 Å². The zero-order valence-corrected chi connectivity index (χ0v) is 4.54. The van der Waals surface area contributed by atoms with E-state index in [1.54, 1.807) is 0 Å². The van der Waals surface area contributed by atoms with Gasteiger partial charge in [-0.25, -0.2) is 13.6 Å². The van der Waals surface area contributed by atoms with Gasteiger partial charge in [0.15, 0.2) is 0 Å². The highest BCUT2D eigenvalue weighted by molar-refractivity contribution is 7.48. The third-order valence-corrected chi connectivity index (χ3v) is 1.48. The summed E-state index contributed by atoms with van der Waals surface area (Å²) < 4.78 is 18.0. The van der Waals surface area contributed by atoms with Crippen molar-refractivity contribution in [2.45, 2.75) is 6.29 Å². The lowest BCUT2D eigenvalue weighted by molar-refractivity contribution is -0.0795. The summed E-state index contributed by atoms with van der Waals surface area (Å²) in [5.41, 5.74) is 0. The van der Waals surface area contributed by atoms with Gasteiger partial charge in [-0.1, -0.05) is 0 Å². The summed E-state index contributed by atoms with van der Waals surface area (Å²) in [5.74, 6) is 0. The first-order valence-corrected chi connectivity index (χ1v) is 3.23. The topological polar surface area (TPSA) is 79.5 Å². The predicted molar refractivity (Wildman–Crippen MR) is 21.4 cm³/mol. The highest BCUT2D eigenvalue weighted by Gasteiger charge is 2.41. The van der Waals surface area contributed by atoms with Crippen molar-refractivity contribution in [3.05, 3.63) is 0 Å². The normalized spacial score (nSPS) is 44.8. The summed E-state index contributed by atoms with van der Waals surface area (Å²) in [7, 11) is -3.76. The Labute approximate surface area is 45.1 Å². The zero-order chi connectivity index (χ0) is 6.20. The van der Waals surface area contributed by atoms with Crippen molar-refractivity contribution >= 4 is 7.82 Å². The number of nitrogens with zero attached hydrogens (tertiary/aromatic N) is 1. The van der Waals surface area contributed by atoms with Crippen molar-refractivity contribution in [3.8, 4) is 6.07 Å². The van der Waals surface area contributed by atoms with Crippen LogP contribution in [0.3, 0.4) is 0 Å². The monoisotopic (exact) mass is 135 g/mol. The molecule has 1 rings (SSSR count). The van der Waals surface area contributed by atoms with E-state index >= 15 is 0 Å². The Kier molecular flexibility index (Phi) is 1.10. The van der Waals surface area contributed by atoms with Gasteiger partial charge in [-0.2, -0.15) is 5.26 Å². The molecule has 44 valence electrons. The van der Waals surface area contributed by atoms with Gasteiger partial charge in [0, 0.05) is 0 Å². The van der Waals surface area contributed by atoms with Gasteiger partial charge in [-0.05, 0) is 0 Å². The third-order valence-electron chi connectivity index (χ3n) is 0.563. The van der Waals surface area contributed by atoms with Gasteiger partial charge in [-0.15, -0.1) is 0 Å². The molecule has 0 saturated carbocycles. The van der Waals surface area contributed by atoms with Crippen LogP contribution >= 0.6 is 7.82 Å². The molecule has 1 fully saturated rings. The lowest BCUT2D eigenvalue weighted by atomic mass is 10.8. The van der Waals surface area contributed by atoms with Crippen LogP contribution in [0.15, 0.2) is 0 Å². The Morgan fingerprint density at radius 3 is 2.38 bits per heavy atom. The molecule has 0 aromatic heterocycles. The summed E-state index contributed by atoms with van der Waals surface area (Å²) in [5, 5.41) is 7.89. The summed E-state index contributed by atoms with van der Waals surface area (Å²) in [4.78, 5) is 8.17. The molecule has 0 aliphatic carbocycles. The SMILES string of the molecule is N#CC1OP(=O)(O)O1. The van der Waals surface area contributed by atoms with Crippen LogP contribution in [0.25, 0.3) is 0 Å². The van der Waals surface area contributed by atoms with Gasteiger partial charge in [0.1, 0.15) is 6.07 Å². The summed E-state index contributed by atoms with van der Waals surface area (Å²) in [6.07, 6.45) is -1.15. The minimum atomic E-state index is -3.76. The van der Waals surface area contributed by atoms with Gasteiger partial charge in [0.25, 0.3) is 6.29 Å². The molecular weight excluding hydrogens is 133 g/mol. The maximum Gasteiger partial charge on any atom is 0.478 e. The van der Waals surface area contributed by atoms with Gasteiger partial charge in [0.2, 0.25) is 0 Å². The van der Waals surface area contributed by atoms with Crippen LogP contribution in [0.2, 0.25) is 0 Å². The van der Waals surface area contributed by atoms with E-state index in [1.807, 2.05) is 0 Å². The molecule has 0 aromatic rings. The second-order valence-electron chi connectivity index (χ2n) is 1.14. The molecule has 0 unspecified atom stereocenters. The lowest BCUT2D eigenvalue weighted by Crippen LogP contribution is -2.22. The molecule has 1 aliphatic heterocycles. The minimum Gasteiger partial charge on any atom is -0.302 e. The van der Waals surface area contributed by atoms with Crippen LogP contribution in [0.5, 0.6) is 0 Å². The Balaban J connectivity index is 2.46. The predicted octanol–water partition coefficient (Wildman–Crippen LogP) is -0.0167. The van der Waals surface area contributed by atoms with Crippen molar-refractivity contribution in [2.75, 3.05) is 0 Å². The van der Waals surface area contributed by atoms with Gasteiger partial charge in [0.05, 0.1) is 0 Å². The fraction of sp³-hybridized carbons (Fsp3) is 0.500. The number of hydrogen-bond donors (Lipinski definition) is 1. The quantitative estimate of drug-likeness (QED) is 0.472. The summed E-state index contributed by atoms with van der Waals surface area (Å²) >= 11 is 0. The first-order valence-electron chi connectivity index (χ1n) is 1.73. The smallest absolute Gasteiger partial charge is 0.302 e. The van der Waals surface area contributed by atoms with Crippen molar-refractivity contribution in [1.29, 1.82) is 5.26 Å². The largest absolute Gasteiger partial charge is 0.478 e. The molecule has 0 radical (unpaired) electrons. The molecule has 0 spiro atoms. The average molecular weight is 135 g/mol. The fourth-order valence-electron chi connectivity index (χ4n) is 0.297. The zero-order valence-electron chi connectivity index (χ0n) is 3.64. The molecule has 0 atom stereocenters. The highest BCUT2D eigenvalue weighted by atomic mass is 31.2. The average Bonchev–Trinajstić information content (AvgIpc) is 1.60. The summed E-state index contributed by atoms with van der Waals surface area (Å²) in [6.45, 7) is 0. The van der Waals surface area contributed by atoms with Gasteiger partial charge in [-0.3, -0.25) is 0 Å². The first kappa shape index (κ1) is 5.73. The van der Waals surface area contributed by atoms with E-state index in [0.717, 1.165) is 0 Å². The Morgan fingerprint density at radius 1 is 1.75 bits per heavy atom. The Morgan fingerprint density at radius 2 is 2.25 bits per heavy atom. The van der Waals surface area contributed by atoms with E-state index in [4.69, 9.17) is 10.2 Å². The standard InChI is InChI=1S/C2H2NO4P/c3-1-2-6-8(4,5)7-2/h2H,(H,4,5). The molecule has 0 bridgehead atoms. The summed E-state index contributed by atoms with van der Waals surface area (Å²) in [6, 6.07) is 1.48. The van der Waals surface area contributed by atoms with Crippen LogP contribution < -0.4 is 0 Å². The van der Waals surface area contributed by atoms with E-state index in [2.05, 4.69) is 9.05 Å². The van der Waals surface area contributed by atoms with E-state index in [9.17, 15) is 4.57 Å². The molecule has 8 heavy (non-hydrogen) atoms. The van der Waals surface area contributed by atoms with Crippen molar-refractivity contribution in [2.24, 2.45) is 0 Å². The number of phosphoric acid groups is 1.